The van der Waals surface area contributed by atoms with E-state index in [1.807, 2.05) is 43.3 Å². The Morgan fingerprint density at radius 2 is 1.70 bits per heavy atom. The van der Waals surface area contributed by atoms with Gasteiger partial charge >= 0.3 is 0 Å². The highest BCUT2D eigenvalue weighted by molar-refractivity contribution is 6.11. The van der Waals surface area contributed by atoms with Crippen LogP contribution in [0.4, 0.5) is 10.1 Å². The summed E-state index contributed by atoms with van der Waals surface area (Å²) >= 11 is 0. The number of benzene rings is 3. The van der Waals surface area contributed by atoms with Crippen molar-refractivity contribution in [2.75, 3.05) is 19.1 Å². The molecule has 0 bridgehead atoms. The van der Waals surface area contributed by atoms with E-state index >= 15 is 0 Å². The largest absolute Gasteiger partial charge is 0.497 e. The van der Waals surface area contributed by atoms with Crippen LogP contribution in [0.5, 0.6) is 11.5 Å². The van der Waals surface area contributed by atoms with Crippen LogP contribution >= 0.6 is 0 Å². The maximum absolute atomic E-state index is 13.7. The zero-order valence-electron chi connectivity index (χ0n) is 18.4. The Kier molecular flexibility index (Phi) is 5.09. The number of nitrogens with one attached hydrogen (secondary N) is 1. The minimum absolute atomic E-state index is 0.245. The molecule has 0 radical (unpaired) electrons. The maximum atomic E-state index is 13.7. The zero-order chi connectivity index (χ0) is 23.1. The van der Waals surface area contributed by atoms with E-state index in [0.29, 0.717) is 28.6 Å². The number of carbonyl (C=O) groups is 1. The number of rotatable bonds is 5. The van der Waals surface area contributed by atoms with Gasteiger partial charge in [0, 0.05) is 28.4 Å². The van der Waals surface area contributed by atoms with E-state index in [4.69, 9.17) is 9.47 Å². The quantitative estimate of drug-likeness (QED) is 0.455. The van der Waals surface area contributed by atoms with Gasteiger partial charge in [0.15, 0.2) is 0 Å². The molecule has 0 spiro atoms. The summed E-state index contributed by atoms with van der Waals surface area (Å²) in [6.45, 7) is 2.02. The zero-order valence-corrected chi connectivity index (χ0v) is 18.4. The molecule has 0 fully saturated rings. The molecule has 1 atom stereocenters. The Bertz CT molecular complexity index is 1330. The van der Waals surface area contributed by atoms with Gasteiger partial charge in [-0.1, -0.05) is 29.8 Å². The summed E-state index contributed by atoms with van der Waals surface area (Å²) in [7, 11) is 3.16. The van der Waals surface area contributed by atoms with Gasteiger partial charge < -0.3 is 9.47 Å². The first-order valence-corrected chi connectivity index (χ1v) is 10.5. The van der Waals surface area contributed by atoms with E-state index in [2.05, 4.69) is 10.2 Å². The van der Waals surface area contributed by atoms with Crippen molar-refractivity contribution in [2.24, 2.45) is 0 Å². The first kappa shape index (κ1) is 20.8. The second kappa shape index (κ2) is 8.09. The van der Waals surface area contributed by atoms with Gasteiger partial charge in [-0.05, 0) is 43.3 Å². The Morgan fingerprint density at radius 1 is 0.970 bits per heavy atom. The van der Waals surface area contributed by atoms with Crippen LogP contribution in [0, 0.1) is 12.7 Å². The Hall–Kier alpha value is -4.13. The topological polar surface area (TPSA) is 67.5 Å². The summed E-state index contributed by atoms with van der Waals surface area (Å²) in [6, 6.07) is 18.8. The molecule has 0 unspecified atom stereocenters. The highest BCUT2D eigenvalue weighted by atomic mass is 19.1. The van der Waals surface area contributed by atoms with Crippen LogP contribution in [-0.4, -0.2) is 30.3 Å². The van der Waals surface area contributed by atoms with E-state index < -0.39 is 6.04 Å². The molecule has 1 aromatic heterocycles. The third-order valence-electron chi connectivity index (χ3n) is 5.93. The molecule has 1 aliphatic rings. The van der Waals surface area contributed by atoms with Gasteiger partial charge in [-0.25, -0.2) is 4.39 Å². The molecular weight excluding hydrogens is 421 g/mol. The van der Waals surface area contributed by atoms with Gasteiger partial charge in [-0.15, -0.1) is 0 Å². The van der Waals surface area contributed by atoms with E-state index in [9.17, 15) is 9.18 Å². The van der Waals surface area contributed by atoms with Crippen molar-refractivity contribution in [3.63, 3.8) is 0 Å². The van der Waals surface area contributed by atoms with Crippen molar-refractivity contribution in [3.8, 4) is 22.8 Å². The number of hydrogen-bond acceptors (Lipinski definition) is 4. The number of methoxy groups -OCH3 is 2. The molecule has 3 aromatic carbocycles. The van der Waals surface area contributed by atoms with Crippen LogP contribution in [0.15, 0.2) is 66.7 Å². The standard InChI is InChI=1S/C26H22FN3O3/c1-15-4-6-16(7-5-15)23-22-24(29-28-23)26(31)30(18-10-8-17(27)9-11-18)25(22)20-13-12-19(32-2)14-21(20)33-3/h4-14,25H,1-3H3,(H,28,29)/t25-/m1/s1. The van der Waals surface area contributed by atoms with E-state index in [1.165, 1.54) is 12.1 Å². The van der Waals surface area contributed by atoms with Crippen molar-refractivity contribution in [1.82, 2.24) is 10.2 Å². The molecule has 0 saturated heterocycles. The molecule has 4 aromatic rings. The Labute approximate surface area is 190 Å². The lowest BCUT2D eigenvalue weighted by atomic mass is 9.94. The minimum atomic E-state index is -0.533. The van der Waals surface area contributed by atoms with Crippen LogP contribution in [0.1, 0.15) is 33.2 Å². The molecule has 33 heavy (non-hydrogen) atoms. The summed E-state index contributed by atoms with van der Waals surface area (Å²) in [4.78, 5) is 15.2. The smallest absolute Gasteiger partial charge is 0.277 e. The lowest BCUT2D eigenvalue weighted by Crippen LogP contribution is -2.29. The summed E-state index contributed by atoms with van der Waals surface area (Å²) in [6.07, 6.45) is 0. The monoisotopic (exact) mass is 443 g/mol. The first-order chi connectivity index (χ1) is 16.0. The fourth-order valence-electron chi connectivity index (χ4n) is 4.29. The van der Waals surface area contributed by atoms with Gasteiger partial charge in [0.05, 0.1) is 26.0 Å². The average molecular weight is 443 g/mol. The van der Waals surface area contributed by atoms with Crippen molar-refractivity contribution in [2.45, 2.75) is 13.0 Å². The first-order valence-electron chi connectivity index (χ1n) is 10.5. The summed E-state index contributed by atoms with van der Waals surface area (Å²) in [5, 5.41) is 7.44. The number of carbonyl (C=O) groups excluding carboxylic acids is 1. The van der Waals surface area contributed by atoms with E-state index in [0.717, 1.165) is 22.3 Å². The third-order valence-corrected chi connectivity index (χ3v) is 5.93. The number of ether oxygens (including phenoxy) is 2. The van der Waals surface area contributed by atoms with Crippen molar-refractivity contribution in [1.29, 1.82) is 0 Å². The number of H-pyrrole nitrogens is 1. The maximum Gasteiger partial charge on any atom is 0.277 e. The number of aromatic nitrogens is 2. The van der Waals surface area contributed by atoms with Gasteiger partial charge in [-0.3, -0.25) is 14.8 Å². The molecule has 2 heterocycles. The molecule has 166 valence electrons. The molecule has 7 heteroatoms. The predicted octanol–water partition coefficient (Wildman–Crippen LogP) is 5.29. The Balaban J connectivity index is 1.74. The number of anilines is 1. The number of hydrogen-bond donors (Lipinski definition) is 1. The second-order valence-corrected chi connectivity index (χ2v) is 7.89. The average Bonchev–Trinajstić information content (AvgIpc) is 3.39. The third kappa shape index (κ3) is 3.42. The van der Waals surface area contributed by atoms with Crippen LogP contribution in [-0.2, 0) is 0 Å². The lowest BCUT2D eigenvalue weighted by Gasteiger charge is -2.27. The molecule has 0 aliphatic carbocycles. The molecule has 5 rings (SSSR count). The second-order valence-electron chi connectivity index (χ2n) is 7.89. The van der Waals surface area contributed by atoms with Gasteiger partial charge in [0.2, 0.25) is 0 Å². The normalized spacial score (nSPS) is 15.0. The van der Waals surface area contributed by atoms with Gasteiger partial charge in [-0.2, -0.15) is 5.10 Å². The van der Waals surface area contributed by atoms with Crippen LogP contribution in [0.2, 0.25) is 0 Å². The van der Waals surface area contributed by atoms with E-state index in [-0.39, 0.29) is 11.7 Å². The van der Waals surface area contributed by atoms with Crippen molar-refractivity contribution < 1.29 is 18.7 Å². The SMILES string of the molecule is COc1ccc([C@@H]2c3c(-c4ccc(C)cc4)n[nH]c3C(=O)N2c2ccc(F)cc2)c(OC)c1. The highest BCUT2D eigenvalue weighted by Gasteiger charge is 2.44. The number of aromatic amines is 1. The van der Waals surface area contributed by atoms with Crippen molar-refractivity contribution >= 4 is 11.6 Å². The Morgan fingerprint density at radius 3 is 2.36 bits per heavy atom. The summed E-state index contributed by atoms with van der Waals surface area (Å²) < 4.78 is 24.7. The number of fused-ring (bicyclic) bond motifs is 1. The fraction of sp³-hybridized carbons (Fsp3) is 0.154. The number of halogens is 1. The molecule has 0 saturated carbocycles. The molecular formula is C26H22FN3O3. The van der Waals surface area contributed by atoms with E-state index in [1.54, 1.807) is 37.3 Å². The lowest BCUT2D eigenvalue weighted by molar-refractivity contribution is 0.0988. The van der Waals surface area contributed by atoms with Crippen LogP contribution in [0.25, 0.3) is 11.3 Å². The molecule has 6 nitrogen and oxygen atoms in total. The molecule has 1 amide bonds. The van der Waals surface area contributed by atoms with Gasteiger partial charge in [0.1, 0.15) is 23.0 Å². The number of nitrogens with zero attached hydrogens (tertiary/aromatic N) is 2. The fourth-order valence-corrected chi connectivity index (χ4v) is 4.29. The number of amides is 1. The van der Waals surface area contributed by atoms with Crippen molar-refractivity contribution in [3.05, 3.63) is 94.9 Å². The molecule has 1 aliphatic heterocycles. The minimum Gasteiger partial charge on any atom is -0.497 e. The molecule has 1 N–H and O–H groups in total. The summed E-state index contributed by atoms with van der Waals surface area (Å²) in [5.41, 5.74) is 5.20. The predicted molar refractivity (Wildman–Crippen MR) is 123 cm³/mol. The summed E-state index contributed by atoms with van der Waals surface area (Å²) in [5.74, 6) is 0.595. The highest BCUT2D eigenvalue weighted by Crippen LogP contribution is 2.47. The van der Waals surface area contributed by atoms with Crippen LogP contribution < -0.4 is 14.4 Å². The van der Waals surface area contributed by atoms with Crippen LogP contribution in [0.3, 0.4) is 0 Å². The number of aryl methyl sites for hydroxylation is 1. The van der Waals surface area contributed by atoms with Gasteiger partial charge in [0.25, 0.3) is 5.91 Å².